The third-order valence-corrected chi connectivity index (χ3v) is 3.50. The molecule has 0 amide bonds. The standard InChI is InChI=1S/C11H10BrClF3N/c12-7-5-8(11(14,15)16)10(9(13)6-7)17-3-1-2-4-17/h5-6H,1-4H2. The van der Waals surface area contributed by atoms with Crippen molar-refractivity contribution in [1.82, 2.24) is 0 Å². The van der Waals surface area contributed by atoms with E-state index in [0.29, 0.717) is 17.6 Å². The van der Waals surface area contributed by atoms with Crippen molar-refractivity contribution in [2.45, 2.75) is 19.0 Å². The number of nitrogens with zero attached hydrogens (tertiary/aromatic N) is 1. The van der Waals surface area contributed by atoms with Crippen LogP contribution in [0.1, 0.15) is 18.4 Å². The number of anilines is 1. The fourth-order valence-electron chi connectivity index (χ4n) is 2.04. The third-order valence-electron chi connectivity index (χ3n) is 2.76. The van der Waals surface area contributed by atoms with Crippen molar-refractivity contribution in [3.63, 3.8) is 0 Å². The number of alkyl halides is 3. The topological polar surface area (TPSA) is 3.24 Å². The molecular formula is C11H10BrClF3N. The smallest absolute Gasteiger partial charge is 0.370 e. The Morgan fingerprint density at radius 1 is 1.18 bits per heavy atom. The van der Waals surface area contributed by atoms with Crippen molar-refractivity contribution in [1.29, 1.82) is 0 Å². The summed E-state index contributed by atoms with van der Waals surface area (Å²) < 4.78 is 39.2. The van der Waals surface area contributed by atoms with E-state index in [1.165, 1.54) is 6.07 Å². The van der Waals surface area contributed by atoms with E-state index in [0.717, 1.165) is 18.9 Å². The van der Waals surface area contributed by atoms with Crippen LogP contribution in [0, 0.1) is 0 Å². The molecule has 1 heterocycles. The van der Waals surface area contributed by atoms with E-state index in [-0.39, 0.29) is 10.7 Å². The Hall–Kier alpha value is -0.420. The maximum atomic E-state index is 13.0. The van der Waals surface area contributed by atoms with Gasteiger partial charge in [0.15, 0.2) is 0 Å². The maximum absolute atomic E-state index is 13.0. The first-order valence-electron chi connectivity index (χ1n) is 5.21. The second-order valence-corrected chi connectivity index (χ2v) is 5.30. The summed E-state index contributed by atoms with van der Waals surface area (Å²) in [5.41, 5.74) is -0.557. The van der Waals surface area contributed by atoms with Crippen LogP contribution in [0.25, 0.3) is 0 Å². The molecule has 1 aromatic carbocycles. The quantitative estimate of drug-likeness (QED) is 0.721. The molecule has 0 aromatic heterocycles. The zero-order valence-electron chi connectivity index (χ0n) is 8.82. The molecule has 0 saturated carbocycles. The van der Waals surface area contributed by atoms with Crippen LogP contribution in [0.4, 0.5) is 18.9 Å². The normalized spacial score (nSPS) is 16.6. The molecule has 0 aliphatic carbocycles. The van der Waals surface area contributed by atoms with E-state index in [1.54, 1.807) is 4.90 Å². The van der Waals surface area contributed by atoms with Crippen LogP contribution in [0.3, 0.4) is 0 Å². The highest BCUT2D eigenvalue weighted by Crippen LogP contribution is 2.43. The van der Waals surface area contributed by atoms with E-state index < -0.39 is 11.7 Å². The van der Waals surface area contributed by atoms with Crippen molar-refractivity contribution < 1.29 is 13.2 Å². The summed E-state index contributed by atoms with van der Waals surface area (Å²) in [6, 6.07) is 2.59. The molecule has 17 heavy (non-hydrogen) atoms. The first-order chi connectivity index (χ1) is 7.89. The molecule has 6 heteroatoms. The zero-order valence-corrected chi connectivity index (χ0v) is 11.2. The van der Waals surface area contributed by atoms with E-state index in [4.69, 9.17) is 11.6 Å². The lowest BCUT2D eigenvalue weighted by molar-refractivity contribution is -0.137. The van der Waals surface area contributed by atoms with Gasteiger partial charge in [-0.15, -0.1) is 0 Å². The van der Waals surface area contributed by atoms with Crippen LogP contribution < -0.4 is 4.90 Å². The molecule has 2 rings (SSSR count). The van der Waals surface area contributed by atoms with Gasteiger partial charge < -0.3 is 4.90 Å². The summed E-state index contributed by atoms with van der Waals surface area (Å²) in [6.07, 6.45) is -2.57. The van der Waals surface area contributed by atoms with Gasteiger partial charge >= 0.3 is 6.18 Å². The minimum atomic E-state index is -4.38. The Labute approximate surface area is 111 Å². The first kappa shape index (κ1) is 13.0. The van der Waals surface area contributed by atoms with Crippen LogP contribution in [0.2, 0.25) is 5.02 Å². The maximum Gasteiger partial charge on any atom is 0.418 e. The summed E-state index contributed by atoms with van der Waals surface area (Å²) in [5, 5.41) is 0.147. The second kappa shape index (κ2) is 4.69. The lowest BCUT2D eigenvalue weighted by Gasteiger charge is -2.24. The number of benzene rings is 1. The average molecular weight is 329 g/mol. The molecule has 94 valence electrons. The lowest BCUT2D eigenvalue weighted by atomic mass is 10.1. The van der Waals surface area contributed by atoms with Crippen LogP contribution in [0.15, 0.2) is 16.6 Å². The van der Waals surface area contributed by atoms with Crippen molar-refractivity contribution in [3.05, 3.63) is 27.2 Å². The highest BCUT2D eigenvalue weighted by Gasteiger charge is 2.37. The van der Waals surface area contributed by atoms with Gasteiger partial charge in [0.1, 0.15) is 0 Å². The monoisotopic (exact) mass is 327 g/mol. The molecule has 1 aliphatic heterocycles. The van der Waals surface area contributed by atoms with Crippen LogP contribution in [-0.4, -0.2) is 13.1 Å². The zero-order chi connectivity index (χ0) is 12.6. The molecule has 0 spiro atoms. The SMILES string of the molecule is FC(F)(F)c1cc(Br)cc(Cl)c1N1CCCC1. The number of rotatable bonds is 1. The highest BCUT2D eigenvalue weighted by molar-refractivity contribution is 9.10. The van der Waals surface area contributed by atoms with E-state index in [1.807, 2.05) is 0 Å². The summed E-state index contributed by atoms with van der Waals surface area (Å²) in [7, 11) is 0. The minimum absolute atomic E-state index is 0.111. The predicted octanol–water partition coefficient (Wildman–Crippen LogP) is 4.72. The Balaban J connectivity index is 2.54. The third kappa shape index (κ3) is 2.71. The van der Waals surface area contributed by atoms with E-state index in [2.05, 4.69) is 15.9 Å². The fourth-order valence-corrected chi connectivity index (χ4v) is 2.97. The first-order valence-corrected chi connectivity index (χ1v) is 6.38. The summed E-state index contributed by atoms with van der Waals surface area (Å²) in [6.45, 7) is 1.26. The Morgan fingerprint density at radius 3 is 2.29 bits per heavy atom. The van der Waals surface area contributed by atoms with Gasteiger partial charge in [0.05, 0.1) is 16.3 Å². The van der Waals surface area contributed by atoms with Gasteiger partial charge in [0.25, 0.3) is 0 Å². The predicted molar refractivity (Wildman–Crippen MR) is 65.6 cm³/mol. The second-order valence-electron chi connectivity index (χ2n) is 3.98. The molecule has 0 N–H and O–H groups in total. The Bertz CT molecular complexity index is 427. The van der Waals surface area contributed by atoms with Crippen molar-refractivity contribution in [2.24, 2.45) is 0 Å². The van der Waals surface area contributed by atoms with Crippen molar-refractivity contribution in [3.8, 4) is 0 Å². The van der Waals surface area contributed by atoms with E-state index >= 15 is 0 Å². The van der Waals surface area contributed by atoms with Crippen LogP contribution in [0.5, 0.6) is 0 Å². The molecule has 0 radical (unpaired) electrons. The largest absolute Gasteiger partial charge is 0.418 e. The molecular weight excluding hydrogens is 318 g/mol. The Morgan fingerprint density at radius 2 is 1.76 bits per heavy atom. The fraction of sp³-hybridized carbons (Fsp3) is 0.455. The molecule has 1 nitrogen and oxygen atoms in total. The Kier molecular flexibility index (Phi) is 3.59. The summed E-state index contributed by atoms with van der Waals surface area (Å²) in [4.78, 5) is 1.71. The van der Waals surface area contributed by atoms with Gasteiger partial charge in [-0.2, -0.15) is 13.2 Å². The molecule has 0 atom stereocenters. The molecule has 0 bridgehead atoms. The minimum Gasteiger partial charge on any atom is -0.370 e. The van der Waals surface area contributed by atoms with Crippen LogP contribution >= 0.6 is 27.5 Å². The van der Waals surface area contributed by atoms with Crippen molar-refractivity contribution in [2.75, 3.05) is 18.0 Å². The van der Waals surface area contributed by atoms with Crippen LogP contribution in [-0.2, 0) is 6.18 Å². The lowest BCUT2D eigenvalue weighted by Crippen LogP contribution is -2.22. The average Bonchev–Trinajstić information content (AvgIpc) is 2.67. The van der Waals surface area contributed by atoms with Gasteiger partial charge in [-0.1, -0.05) is 27.5 Å². The van der Waals surface area contributed by atoms with Gasteiger partial charge in [0, 0.05) is 17.6 Å². The number of halogens is 5. The van der Waals surface area contributed by atoms with Gasteiger partial charge in [-0.05, 0) is 25.0 Å². The van der Waals surface area contributed by atoms with Gasteiger partial charge in [-0.3, -0.25) is 0 Å². The summed E-state index contributed by atoms with van der Waals surface area (Å²) in [5.74, 6) is 0. The molecule has 1 aromatic rings. The molecule has 0 unspecified atom stereocenters. The van der Waals surface area contributed by atoms with Crippen molar-refractivity contribution >= 4 is 33.2 Å². The summed E-state index contributed by atoms with van der Waals surface area (Å²) >= 11 is 8.99. The molecule has 1 fully saturated rings. The van der Waals surface area contributed by atoms with Gasteiger partial charge in [-0.25, -0.2) is 0 Å². The van der Waals surface area contributed by atoms with Gasteiger partial charge in [0.2, 0.25) is 0 Å². The van der Waals surface area contributed by atoms with E-state index in [9.17, 15) is 13.2 Å². The molecule has 1 saturated heterocycles. The number of hydrogen-bond acceptors (Lipinski definition) is 1. The molecule has 1 aliphatic rings. The highest BCUT2D eigenvalue weighted by atomic mass is 79.9. The number of hydrogen-bond donors (Lipinski definition) is 0.